The molecular weight excluding hydrogens is 462 g/mol. The first kappa shape index (κ1) is 24.2. The predicted octanol–water partition coefficient (Wildman–Crippen LogP) is 4.79. The summed E-state index contributed by atoms with van der Waals surface area (Å²) >= 11 is 1.48. The zero-order valence-corrected chi connectivity index (χ0v) is 20.1. The van der Waals surface area contributed by atoms with Crippen molar-refractivity contribution in [2.24, 2.45) is 5.92 Å². The third kappa shape index (κ3) is 5.76. The lowest BCUT2D eigenvalue weighted by atomic mass is 9.87. The number of rotatable bonds is 7. The summed E-state index contributed by atoms with van der Waals surface area (Å²) in [5, 5.41) is 13.4. The zero-order chi connectivity index (χ0) is 24.8. The molecule has 4 rings (SSSR count). The summed E-state index contributed by atoms with van der Waals surface area (Å²) in [6, 6.07) is 19.9. The van der Waals surface area contributed by atoms with Crippen LogP contribution in [0.3, 0.4) is 0 Å². The maximum absolute atomic E-state index is 13.1. The van der Waals surface area contributed by atoms with Gasteiger partial charge >= 0.3 is 5.97 Å². The molecule has 7 nitrogen and oxygen atoms in total. The Morgan fingerprint density at radius 3 is 2.54 bits per heavy atom. The van der Waals surface area contributed by atoms with Gasteiger partial charge in [0.15, 0.2) is 6.61 Å². The lowest BCUT2D eigenvalue weighted by Gasteiger charge is -2.39. The van der Waals surface area contributed by atoms with Crippen LogP contribution in [0.15, 0.2) is 66.0 Å². The number of piperidine rings is 1. The summed E-state index contributed by atoms with van der Waals surface area (Å²) in [6.07, 6.45) is 0.863. The van der Waals surface area contributed by atoms with Gasteiger partial charge in [0.05, 0.1) is 24.4 Å². The van der Waals surface area contributed by atoms with E-state index >= 15 is 0 Å². The Balaban J connectivity index is 1.46. The first-order valence-corrected chi connectivity index (χ1v) is 12.2. The summed E-state index contributed by atoms with van der Waals surface area (Å²) in [5.74, 6) is -1.60. The average Bonchev–Trinajstić information content (AvgIpc) is 3.39. The van der Waals surface area contributed by atoms with Gasteiger partial charge in [-0.3, -0.25) is 14.4 Å². The van der Waals surface area contributed by atoms with Gasteiger partial charge in [0.2, 0.25) is 5.91 Å². The Morgan fingerprint density at radius 2 is 1.89 bits per heavy atom. The van der Waals surface area contributed by atoms with E-state index in [4.69, 9.17) is 10.00 Å². The molecular formula is C27H25N3O4S. The monoisotopic (exact) mass is 487 g/mol. The lowest BCUT2D eigenvalue weighted by molar-refractivity contribution is -0.153. The van der Waals surface area contributed by atoms with E-state index in [0.29, 0.717) is 18.5 Å². The number of thiophene rings is 1. The molecule has 0 aliphatic carbocycles. The van der Waals surface area contributed by atoms with Crippen molar-refractivity contribution in [1.82, 2.24) is 0 Å². The van der Waals surface area contributed by atoms with Crippen LogP contribution in [0, 0.1) is 24.2 Å². The quantitative estimate of drug-likeness (QED) is 0.483. The highest BCUT2D eigenvalue weighted by molar-refractivity contribution is 7.10. The number of amides is 2. The van der Waals surface area contributed by atoms with Crippen LogP contribution < -0.4 is 10.2 Å². The number of nitriles is 1. The van der Waals surface area contributed by atoms with E-state index in [9.17, 15) is 14.4 Å². The predicted molar refractivity (Wildman–Crippen MR) is 134 cm³/mol. The van der Waals surface area contributed by atoms with Crippen LogP contribution in [0.4, 0.5) is 11.4 Å². The Bertz CT molecular complexity index is 1230. The number of nitrogens with zero attached hydrogens (tertiary/aromatic N) is 2. The SMILES string of the molecule is Cc1ccc(N2C(=O)CCC(C(=O)OCC(=O)Nc3ccc(CC#N)cc3)C2c2cccs2)cc1. The summed E-state index contributed by atoms with van der Waals surface area (Å²) < 4.78 is 5.42. The number of nitrogens with one attached hydrogen (secondary N) is 1. The van der Waals surface area contributed by atoms with Gasteiger partial charge in [0.25, 0.3) is 5.91 Å². The molecule has 2 aromatic carbocycles. The fourth-order valence-electron chi connectivity index (χ4n) is 4.17. The first-order valence-electron chi connectivity index (χ1n) is 11.3. The molecule has 0 bridgehead atoms. The van der Waals surface area contributed by atoms with Gasteiger partial charge in [-0.2, -0.15) is 5.26 Å². The van der Waals surface area contributed by atoms with Gasteiger partial charge in [0.1, 0.15) is 0 Å². The Morgan fingerprint density at radius 1 is 1.14 bits per heavy atom. The van der Waals surface area contributed by atoms with E-state index in [-0.39, 0.29) is 12.3 Å². The minimum atomic E-state index is -0.592. The van der Waals surface area contributed by atoms with Gasteiger partial charge < -0.3 is 15.0 Å². The van der Waals surface area contributed by atoms with Crippen LogP contribution in [-0.4, -0.2) is 24.4 Å². The second-order valence-electron chi connectivity index (χ2n) is 8.39. The number of anilines is 2. The molecule has 1 aliphatic rings. The minimum absolute atomic E-state index is 0.0473. The molecule has 1 N–H and O–H groups in total. The Labute approximate surface area is 207 Å². The standard InChI is InChI=1S/C27H25N3O4S/c1-18-4-10-21(11-5-18)30-25(32)13-12-22(26(30)23-3-2-16-35-23)27(33)34-17-24(31)29-20-8-6-19(7-9-20)14-15-28/h2-11,16,22,26H,12-14,17H2,1H3,(H,29,31). The van der Waals surface area contributed by atoms with Crippen LogP contribution in [0.2, 0.25) is 0 Å². The second-order valence-corrected chi connectivity index (χ2v) is 9.37. The van der Waals surface area contributed by atoms with Crippen molar-refractivity contribution in [3.63, 3.8) is 0 Å². The van der Waals surface area contributed by atoms with Crippen LogP contribution in [0.1, 0.15) is 34.9 Å². The first-order chi connectivity index (χ1) is 17.0. The van der Waals surface area contributed by atoms with Crippen molar-refractivity contribution >= 4 is 40.5 Å². The molecule has 1 fully saturated rings. The largest absolute Gasteiger partial charge is 0.455 e. The maximum Gasteiger partial charge on any atom is 0.311 e. The van der Waals surface area contributed by atoms with E-state index in [1.54, 1.807) is 29.2 Å². The van der Waals surface area contributed by atoms with Crippen LogP contribution in [0.25, 0.3) is 0 Å². The van der Waals surface area contributed by atoms with Crippen molar-refractivity contribution in [3.05, 3.63) is 82.0 Å². The van der Waals surface area contributed by atoms with Crippen LogP contribution in [0.5, 0.6) is 0 Å². The number of hydrogen-bond acceptors (Lipinski definition) is 6. The van der Waals surface area contributed by atoms with Crippen molar-refractivity contribution in [2.45, 2.75) is 32.2 Å². The maximum atomic E-state index is 13.1. The van der Waals surface area contributed by atoms with Crippen molar-refractivity contribution in [2.75, 3.05) is 16.8 Å². The van der Waals surface area contributed by atoms with E-state index < -0.39 is 30.4 Å². The summed E-state index contributed by atoms with van der Waals surface area (Å²) in [6.45, 7) is 1.55. The minimum Gasteiger partial charge on any atom is -0.455 e. The fraction of sp³-hybridized carbons (Fsp3) is 0.259. The van der Waals surface area contributed by atoms with E-state index in [2.05, 4.69) is 11.4 Å². The third-order valence-electron chi connectivity index (χ3n) is 5.91. The highest BCUT2D eigenvalue weighted by atomic mass is 32.1. The molecule has 2 atom stereocenters. The second kappa shape index (κ2) is 11.0. The Kier molecular flexibility index (Phi) is 7.58. The van der Waals surface area contributed by atoms with E-state index in [1.165, 1.54) is 11.3 Å². The number of benzene rings is 2. The third-order valence-corrected chi connectivity index (χ3v) is 6.86. The topological polar surface area (TPSA) is 99.5 Å². The summed E-state index contributed by atoms with van der Waals surface area (Å²) in [5.41, 5.74) is 3.21. The number of aryl methyl sites for hydroxylation is 1. The number of carbonyl (C=O) groups is 3. The summed E-state index contributed by atoms with van der Waals surface area (Å²) in [4.78, 5) is 41.1. The van der Waals surface area contributed by atoms with Crippen molar-refractivity contribution in [1.29, 1.82) is 5.26 Å². The van der Waals surface area contributed by atoms with Crippen molar-refractivity contribution in [3.8, 4) is 6.07 Å². The van der Waals surface area contributed by atoms with E-state index in [0.717, 1.165) is 21.7 Å². The molecule has 1 aromatic heterocycles. The Hall–Kier alpha value is -3.96. The lowest BCUT2D eigenvalue weighted by Crippen LogP contribution is -2.46. The number of hydrogen-bond donors (Lipinski definition) is 1. The molecule has 178 valence electrons. The molecule has 3 aromatic rings. The normalized spacial score (nSPS) is 17.5. The van der Waals surface area contributed by atoms with Gasteiger partial charge in [-0.1, -0.05) is 35.9 Å². The van der Waals surface area contributed by atoms with Crippen LogP contribution >= 0.6 is 11.3 Å². The molecule has 2 unspecified atom stereocenters. The average molecular weight is 488 g/mol. The molecule has 1 saturated heterocycles. The number of esters is 1. The molecule has 0 spiro atoms. The zero-order valence-electron chi connectivity index (χ0n) is 19.3. The highest BCUT2D eigenvalue weighted by Gasteiger charge is 2.43. The van der Waals surface area contributed by atoms with Gasteiger partial charge in [-0.15, -0.1) is 11.3 Å². The van der Waals surface area contributed by atoms with Gasteiger partial charge in [-0.05, 0) is 54.6 Å². The number of ether oxygens (including phenoxy) is 1. The van der Waals surface area contributed by atoms with Gasteiger partial charge in [-0.25, -0.2) is 0 Å². The van der Waals surface area contributed by atoms with Gasteiger partial charge in [0, 0.05) is 22.7 Å². The highest BCUT2D eigenvalue weighted by Crippen LogP contribution is 2.42. The smallest absolute Gasteiger partial charge is 0.311 e. The van der Waals surface area contributed by atoms with E-state index in [1.807, 2.05) is 48.7 Å². The molecule has 8 heteroatoms. The molecule has 0 radical (unpaired) electrons. The molecule has 0 saturated carbocycles. The molecule has 2 amide bonds. The molecule has 1 aliphatic heterocycles. The van der Waals surface area contributed by atoms with Crippen LogP contribution in [-0.2, 0) is 25.5 Å². The number of carbonyl (C=O) groups excluding carboxylic acids is 3. The summed E-state index contributed by atoms with van der Waals surface area (Å²) in [7, 11) is 0. The fourth-order valence-corrected chi connectivity index (χ4v) is 5.05. The molecule has 35 heavy (non-hydrogen) atoms. The molecule has 2 heterocycles. The van der Waals surface area contributed by atoms with Crippen molar-refractivity contribution < 1.29 is 19.1 Å².